The number of para-hydroxylation sites is 2. The van der Waals surface area contributed by atoms with Crippen LogP contribution in [0.15, 0.2) is 267 Å². The van der Waals surface area contributed by atoms with Crippen LogP contribution in [-0.4, -0.2) is 19.5 Å². The first-order valence-corrected chi connectivity index (χ1v) is 26.1. The molecule has 0 bridgehead atoms. The number of aromatic nitrogens is 4. The van der Waals surface area contributed by atoms with E-state index in [1.807, 2.05) is 0 Å². The van der Waals surface area contributed by atoms with Crippen LogP contribution < -0.4 is 0 Å². The van der Waals surface area contributed by atoms with E-state index < -0.39 is 0 Å². The predicted molar refractivity (Wildman–Crippen MR) is 315 cm³/mol. The standard InChI is InChI=1S/C72H50N4/c1-72(2)64-33-20-32-62(68(64)61-37-35-52(46-65(61)72)51-36-38-67-63(45-51)60-31-18-19-34-66(60)76(67)59-29-16-7-17-30-59)71-74-69(57-41-53(47-21-8-3-9-22-47)39-54(42-57)48-23-10-4-11-24-48)73-70(75-71)58-43-55(49-25-12-5-13-26-49)40-56(44-58)50-27-14-6-15-28-50/h3-46H,1-2H3. The topological polar surface area (TPSA) is 43.6 Å². The van der Waals surface area contributed by atoms with E-state index in [1.165, 1.54) is 49.6 Å². The fourth-order valence-corrected chi connectivity index (χ4v) is 11.6. The maximum Gasteiger partial charge on any atom is 0.164 e. The number of hydrogen-bond acceptors (Lipinski definition) is 3. The molecule has 13 aromatic rings. The van der Waals surface area contributed by atoms with Crippen molar-refractivity contribution in [1.29, 1.82) is 0 Å². The highest BCUT2D eigenvalue weighted by atomic mass is 15.0. The minimum absolute atomic E-state index is 0.313. The molecule has 0 saturated carbocycles. The third kappa shape index (κ3) is 7.82. The normalized spacial score (nSPS) is 12.4. The maximum absolute atomic E-state index is 5.55. The maximum atomic E-state index is 5.55. The van der Waals surface area contributed by atoms with Crippen molar-refractivity contribution in [2.75, 3.05) is 0 Å². The van der Waals surface area contributed by atoms with E-state index >= 15 is 0 Å². The Balaban J connectivity index is 0.961. The molecule has 11 aromatic carbocycles. The van der Waals surface area contributed by atoms with Crippen molar-refractivity contribution >= 4 is 21.8 Å². The lowest BCUT2D eigenvalue weighted by Gasteiger charge is -2.22. The largest absolute Gasteiger partial charge is 0.309 e. The lowest BCUT2D eigenvalue weighted by atomic mass is 9.81. The molecule has 4 heteroatoms. The number of hydrogen-bond donors (Lipinski definition) is 0. The Hall–Kier alpha value is -9.77. The van der Waals surface area contributed by atoms with Gasteiger partial charge in [-0.15, -0.1) is 0 Å². The van der Waals surface area contributed by atoms with Crippen LogP contribution in [0, 0.1) is 0 Å². The van der Waals surface area contributed by atoms with Crippen LogP contribution in [0.5, 0.6) is 0 Å². The number of nitrogens with zero attached hydrogens (tertiary/aromatic N) is 4. The highest BCUT2D eigenvalue weighted by Gasteiger charge is 2.38. The molecule has 0 saturated heterocycles. The molecule has 0 radical (unpaired) electrons. The Labute approximate surface area is 443 Å². The molecule has 1 aliphatic carbocycles. The Morgan fingerprint density at radius 3 is 1.25 bits per heavy atom. The van der Waals surface area contributed by atoms with Crippen molar-refractivity contribution < 1.29 is 0 Å². The van der Waals surface area contributed by atoms with Gasteiger partial charge in [-0.2, -0.15) is 0 Å². The summed E-state index contributed by atoms with van der Waals surface area (Å²) >= 11 is 0. The Bertz CT molecular complexity index is 4070. The van der Waals surface area contributed by atoms with Gasteiger partial charge in [0.25, 0.3) is 0 Å². The van der Waals surface area contributed by atoms with Gasteiger partial charge in [-0.05, 0) is 151 Å². The lowest BCUT2D eigenvalue weighted by molar-refractivity contribution is 0.660. The molecule has 0 atom stereocenters. The van der Waals surface area contributed by atoms with Crippen LogP contribution in [0.1, 0.15) is 25.0 Å². The zero-order valence-electron chi connectivity index (χ0n) is 42.2. The Morgan fingerprint density at radius 2 is 0.711 bits per heavy atom. The van der Waals surface area contributed by atoms with E-state index in [9.17, 15) is 0 Å². The fraction of sp³-hybridized carbons (Fsp3) is 0.0417. The molecule has 14 rings (SSSR count). The smallest absolute Gasteiger partial charge is 0.164 e. The molecule has 0 amide bonds. The molecule has 0 aliphatic heterocycles. The zero-order valence-corrected chi connectivity index (χ0v) is 42.2. The second-order valence-corrected chi connectivity index (χ2v) is 20.4. The number of rotatable bonds is 9. The van der Waals surface area contributed by atoms with Gasteiger partial charge in [0.1, 0.15) is 0 Å². The van der Waals surface area contributed by atoms with Crippen molar-refractivity contribution in [2.24, 2.45) is 0 Å². The molecule has 0 N–H and O–H groups in total. The average molecular weight is 971 g/mol. The van der Waals surface area contributed by atoms with E-state index in [1.54, 1.807) is 0 Å². The van der Waals surface area contributed by atoms with Gasteiger partial charge in [-0.25, -0.2) is 15.0 Å². The monoisotopic (exact) mass is 970 g/mol. The van der Waals surface area contributed by atoms with Crippen molar-refractivity contribution in [2.45, 2.75) is 19.3 Å². The quantitative estimate of drug-likeness (QED) is 0.145. The van der Waals surface area contributed by atoms with E-state index in [0.29, 0.717) is 17.5 Å². The van der Waals surface area contributed by atoms with Gasteiger partial charge < -0.3 is 4.57 Å². The molecule has 0 spiro atoms. The highest BCUT2D eigenvalue weighted by molar-refractivity contribution is 6.10. The fourth-order valence-electron chi connectivity index (χ4n) is 11.6. The molecule has 4 nitrogen and oxygen atoms in total. The number of benzene rings is 11. The van der Waals surface area contributed by atoms with Crippen LogP contribution >= 0.6 is 0 Å². The zero-order chi connectivity index (χ0) is 50.7. The summed E-state index contributed by atoms with van der Waals surface area (Å²) in [4.78, 5) is 16.6. The van der Waals surface area contributed by atoms with E-state index in [-0.39, 0.29) is 5.41 Å². The summed E-state index contributed by atoms with van der Waals surface area (Å²) < 4.78 is 2.38. The van der Waals surface area contributed by atoms with Gasteiger partial charge in [0.15, 0.2) is 17.5 Å². The molecular weight excluding hydrogens is 921 g/mol. The van der Waals surface area contributed by atoms with Crippen molar-refractivity contribution in [1.82, 2.24) is 19.5 Å². The molecule has 0 unspecified atom stereocenters. The molecule has 76 heavy (non-hydrogen) atoms. The van der Waals surface area contributed by atoms with E-state index in [2.05, 4.69) is 285 Å². The minimum atomic E-state index is -0.313. The third-order valence-corrected chi connectivity index (χ3v) is 15.4. The first-order chi connectivity index (χ1) is 37.4. The summed E-state index contributed by atoms with van der Waals surface area (Å²) in [6.07, 6.45) is 0. The summed E-state index contributed by atoms with van der Waals surface area (Å²) in [5.41, 5.74) is 22.1. The summed E-state index contributed by atoms with van der Waals surface area (Å²) in [5, 5.41) is 2.48. The molecule has 0 fully saturated rings. The summed E-state index contributed by atoms with van der Waals surface area (Å²) in [7, 11) is 0. The minimum Gasteiger partial charge on any atom is -0.309 e. The van der Waals surface area contributed by atoms with Crippen LogP contribution in [0.4, 0.5) is 0 Å². The van der Waals surface area contributed by atoms with Gasteiger partial charge in [0.05, 0.1) is 11.0 Å². The Morgan fingerprint density at radius 1 is 0.276 bits per heavy atom. The second-order valence-electron chi connectivity index (χ2n) is 20.4. The molecular formula is C72H50N4. The van der Waals surface area contributed by atoms with Crippen molar-refractivity contribution in [3.63, 3.8) is 0 Å². The van der Waals surface area contributed by atoms with Crippen LogP contribution in [-0.2, 0) is 5.41 Å². The first kappa shape index (κ1) is 44.9. The SMILES string of the molecule is CC1(C)c2cc(-c3ccc4c(c3)c3ccccc3n4-c3ccccc3)ccc2-c2c(-c3nc(-c4cc(-c5ccccc5)cc(-c5ccccc5)c4)nc(-c4cc(-c5ccccc5)cc(-c5ccccc5)c4)n3)cccc21. The average Bonchev–Trinajstić information content (AvgIpc) is 4.01. The Kier molecular flexibility index (Phi) is 10.8. The molecule has 2 heterocycles. The van der Waals surface area contributed by atoms with Gasteiger partial charge >= 0.3 is 0 Å². The van der Waals surface area contributed by atoms with Crippen LogP contribution in [0.3, 0.4) is 0 Å². The summed E-state index contributed by atoms with van der Waals surface area (Å²) in [6.45, 7) is 4.71. The number of fused-ring (bicyclic) bond motifs is 6. The van der Waals surface area contributed by atoms with Crippen molar-refractivity contribution in [3.8, 4) is 107 Å². The second kappa shape index (κ2) is 18.3. The third-order valence-electron chi connectivity index (χ3n) is 15.4. The van der Waals surface area contributed by atoms with Gasteiger partial charge in [-0.3, -0.25) is 0 Å². The molecule has 358 valence electrons. The molecule has 1 aliphatic rings. The highest BCUT2D eigenvalue weighted by Crippen LogP contribution is 2.53. The van der Waals surface area contributed by atoms with Crippen LogP contribution in [0.2, 0.25) is 0 Å². The van der Waals surface area contributed by atoms with Crippen molar-refractivity contribution in [3.05, 3.63) is 278 Å². The van der Waals surface area contributed by atoms with Gasteiger partial charge in [0.2, 0.25) is 0 Å². The van der Waals surface area contributed by atoms with Gasteiger partial charge in [0, 0.05) is 38.6 Å². The predicted octanol–water partition coefficient (Wildman–Crippen LogP) is 18.6. The van der Waals surface area contributed by atoms with E-state index in [0.717, 1.165) is 72.4 Å². The van der Waals surface area contributed by atoms with E-state index in [4.69, 9.17) is 15.0 Å². The first-order valence-electron chi connectivity index (χ1n) is 26.1. The molecule has 2 aromatic heterocycles. The lowest BCUT2D eigenvalue weighted by Crippen LogP contribution is -2.15. The van der Waals surface area contributed by atoms with Gasteiger partial charge in [-0.1, -0.05) is 208 Å². The summed E-state index contributed by atoms with van der Waals surface area (Å²) in [5.74, 6) is 1.84. The summed E-state index contributed by atoms with van der Waals surface area (Å²) in [6, 6.07) is 95.8. The van der Waals surface area contributed by atoms with Crippen LogP contribution in [0.25, 0.3) is 128 Å².